The van der Waals surface area contributed by atoms with Gasteiger partial charge in [-0.2, -0.15) is 0 Å². The fourth-order valence-electron chi connectivity index (χ4n) is 2.56. The lowest BCUT2D eigenvalue weighted by atomic mass is 10.1. The van der Waals surface area contributed by atoms with E-state index in [2.05, 4.69) is 10.3 Å². The van der Waals surface area contributed by atoms with Gasteiger partial charge in [-0.3, -0.25) is 0 Å². The van der Waals surface area contributed by atoms with Crippen LogP contribution in [-0.4, -0.2) is 17.7 Å². The average molecular weight is 323 g/mol. The first-order valence-corrected chi connectivity index (χ1v) is 7.76. The van der Waals surface area contributed by atoms with Crippen LogP contribution in [0.5, 0.6) is 5.75 Å². The van der Waals surface area contributed by atoms with Crippen LogP contribution in [0.3, 0.4) is 0 Å². The number of nitrogens with one attached hydrogen (secondary N) is 2. The quantitative estimate of drug-likeness (QED) is 0.568. The van der Waals surface area contributed by atoms with E-state index in [0.29, 0.717) is 12.2 Å². The molecule has 0 aliphatic carbocycles. The maximum absolute atomic E-state index is 12.0. The van der Waals surface area contributed by atoms with Gasteiger partial charge in [0.2, 0.25) is 5.52 Å². The summed E-state index contributed by atoms with van der Waals surface area (Å²) in [5.74, 6) is -0.122. The van der Waals surface area contributed by atoms with Crippen molar-refractivity contribution in [1.29, 1.82) is 0 Å². The summed E-state index contributed by atoms with van der Waals surface area (Å²) in [5.41, 5.74) is 4.15. The van der Waals surface area contributed by atoms with Crippen molar-refractivity contribution in [3.63, 3.8) is 0 Å². The molecule has 0 bridgehead atoms. The molecule has 3 aromatic rings. The number of aromatic hydroxyl groups is 1. The number of aryl methyl sites for hydroxylation is 1. The fraction of sp³-hybridized carbons (Fsp3) is 0.158. The highest BCUT2D eigenvalue weighted by Gasteiger charge is 2.14. The molecular weight excluding hydrogens is 304 g/mol. The Hall–Kier alpha value is -3.08. The zero-order chi connectivity index (χ0) is 17.1. The van der Waals surface area contributed by atoms with Crippen LogP contribution < -0.4 is 10.3 Å². The van der Waals surface area contributed by atoms with E-state index in [0.717, 1.165) is 28.0 Å². The Morgan fingerprint density at radius 3 is 2.62 bits per heavy atom. The molecule has 3 N–H and O–H groups in total. The molecular formula is C19H19N2O3+. The van der Waals surface area contributed by atoms with E-state index in [1.54, 1.807) is 37.3 Å². The zero-order valence-corrected chi connectivity index (χ0v) is 13.6. The van der Waals surface area contributed by atoms with Gasteiger partial charge in [0.1, 0.15) is 5.75 Å². The van der Waals surface area contributed by atoms with E-state index in [9.17, 15) is 9.90 Å². The SMILES string of the molecule is CCOC(=O)c1ccc2[nH+]c(C)cc(Nc3ccc(O)cc3)c2c1. The molecule has 5 heteroatoms. The maximum Gasteiger partial charge on any atom is 0.338 e. The van der Waals surface area contributed by atoms with Gasteiger partial charge in [0.05, 0.1) is 23.2 Å². The number of hydrogen-bond acceptors (Lipinski definition) is 4. The predicted molar refractivity (Wildman–Crippen MR) is 92.6 cm³/mol. The Morgan fingerprint density at radius 2 is 1.92 bits per heavy atom. The lowest BCUT2D eigenvalue weighted by Gasteiger charge is -2.09. The number of fused-ring (bicyclic) bond motifs is 1. The fourth-order valence-corrected chi connectivity index (χ4v) is 2.56. The highest BCUT2D eigenvalue weighted by atomic mass is 16.5. The highest BCUT2D eigenvalue weighted by Crippen LogP contribution is 2.27. The van der Waals surface area contributed by atoms with Crippen LogP contribution in [0.15, 0.2) is 48.5 Å². The van der Waals surface area contributed by atoms with Crippen LogP contribution in [0.1, 0.15) is 23.0 Å². The van der Waals surface area contributed by atoms with E-state index in [1.165, 1.54) is 0 Å². The molecule has 0 unspecified atom stereocenters. The number of anilines is 2. The minimum absolute atomic E-state index is 0.215. The highest BCUT2D eigenvalue weighted by molar-refractivity contribution is 5.98. The third-order valence-electron chi connectivity index (χ3n) is 3.66. The normalized spacial score (nSPS) is 10.6. The summed E-state index contributed by atoms with van der Waals surface area (Å²) in [4.78, 5) is 15.3. The minimum atomic E-state index is -0.337. The Balaban J connectivity index is 2.05. The number of ether oxygens (including phenoxy) is 1. The molecule has 0 aliphatic rings. The molecule has 0 spiro atoms. The number of pyridine rings is 1. The number of hydrogen-bond donors (Lipinski definition) is 2. The second-order valence-corrected chi connectivity index (χ2v) is 5.52. The van der Waals surface area contributed by atoms with Crippen molar-refractivity contribution in [2.45, 2.75) is 13.8 Å². The first-order chi connectivity index (χ1) is 11.6. The number of aromatic nitrogens is 1. The smallest absolute Gasteiger partial charge is 0.338 e. The van der Waals surface area contributed by atoms with Gasteiger partial charge >= 0.3 is 5.97 Å². The van der Waals surface area contributed by atoms with E-state index >= 15 is 0 Å². The number of aromatic amines is 1. The van der Waals surface area contributed by atoms with Crippen molar-refractivity contribution in [1.82, 2.24) is 0 Å². The molecule has 0 aliphatic heterocycles. The van der Waals surface area contributed by atoms with Gasteiger partial charge in [0.15, 0.2) is 5.69 Å². The zero-order valence-electron chi connectivity index (χ0n) is 13.6. The summed E-state index contributed by atoms with van der Waals surface area (Å²) in [6.07, 6.45) is 0. The van der Waals surface area contributed by atoms with Crippen LogP contribution in [0.2, 0.25) is 0 Å². The molecule has 1 heterocycles. The molecule has 2 aromatic carbocycles. The number of H-pyrrole nitrogens is 1. The first-order valence-electron chi connectivity index (χ1n) is 7.76. The molecule has 122 valence electrons. The van der Waals surface area contributed by atoms with E-state index in [4.69, 9.17) is 4.74 Å². The average Bonchev–Trinajstić information content (AvgIpc) is 2.56. The maximum atomic E-state index is 12.0. The summed E-state index contributed by atoms with van der Waals surface area (Å²) < 4.78 is 5.07. The molecule has 5 nitrogen and oxygen atoms in total. The standard InChI is InChI=1S/C19H18N2O3/c1-3-24-19(23)13-4-9-17-16(11-13)18(10-12(2)20-17)21-14-5-7-15(22)8-6-14/h4-11,22H,3H2,1-2H3,(H,20,21)/p+1. The van der Waals surface area contributed by atoms with E-state index in [1.807, 2.05) is 25.1 Å². The molecule has 0 saturated carbocycles. The number of esters is 1. The Morgan fingerprint density at radius 1 is 1.17 bits per heavy atom. The number of phenolic OH excluding ortho intramolecular Hbond substituents is 1. The summed E-state index contributed by atoms with van der Waals surface area (Å²) in [7, 11) is 0. The molecule has 0 radical (unpaired) electrons. The Labute approximate surface area is 139 Å². The van der Waals surface area contributed by atoms with Gasteiger partial charge in [0.25, 0.3) is 0 Å². The largest absolute Gasteiger partial charge is 0.508 e. The lowest BCUT2D eigenvalue weighted by Crippen LogP contribution is -2.11. The third kappa shape index (κ3) is 3.30. The second-order valence-electron chi connectivity index (χ2n) is 5.52. The molecule has 0 fully saturated rings. The van der Waals surface area contributed by atoms with Gasteiger partial charge < -0.3 is 15.2 Å². The summed E-state index contributed by atoms with van der Waals surface area (Å²) in [6.45, 7) is 4.10. The lowest BCUT2D eigenvalue weighted by molar-refractivity contribution is -0.354. The third-order valence-corrected chi connectivity index (χ3v) is 3.66. The Kier molecular flexibility index (Phi) is 4.33. The second kappa shape index (κ2) is 6.58. The van der Waals surface area contributed by atoms with Crippen molar-refractivity contribution in [3.8, 4) is 5.75 Å². The number of rotatable bonds is 4. The molecule has 3 rings (SSSR count). The van der Waals surface area contributed by atoms with E-state index < -0.39 is 0 Å². The summed E-state index contributed by atoms with van der Waals surface area (Å²) in [5, 5.41) is 13.6. The van der Waals surface area contributed by atoms with Crippen LogP contribution in [0.4, 0.5) is 11.4 Å². The predicted octanol–water partition coefficient (Wildman–Crippen LogP) is 3.59. The van der Waals surface area contributed by atoms with Gasteiger partial charge in [-0.05, 0) is 43.3 Å². The summed E-state index contributed by atoms with van der Waals surface area (Å²) in [6, 6.07) is 14.2. The van der Waals surface area contributed by atoms with Crippen molar-refractivity contribution < 1.29 is 19.6 Å². The number of benzene rings is 2. The monoisotopic (exact) mass is 323 g/mol. The number of carbonyl (C=O) groups excluding carboxylic acids is 1. The van der Waals surface area contributed by atoms with Crippen molar-refractivity contribution in [3.05, 3.63) is 59.8 Å². The molecule has 0 saturated heterocycles. The molecule has 24 heavy (non-hydrogen) atoms. The first kappa shape index (κ1) is 15.8. The van der Waals surface area contributed by atoms with Crippen molar-refractivity contribution >= 4 is 28.2 Å². The van der Waals surface area contributed by atoms with Crippen LogP contribution in [0, 0.1) is 6.92 Å². The molecule has 0 amide bonds. The van der Waals surface area contributed by atoms with Gasteiger partial charge in [-0.25, -0.2) is 9.78 Å². The molecule has 0 atom stereocenters. The number of phenols is 1. The van der Waals surface area contributed by atoms with E-state index in [-0.39, 0.29) is 11.7 Å². The van der Waals surface area contributed by atoms with Crippen LogP contribution in [-0.2, 0) is 4.74 Å². The van der Waals surface area contributed by atoms with Crippen LogP contribution in [0.25, 0.3) is 10.9 Å². The molecule has 1 aromatic heterocycles. The van der Waals surface area contributed by atoms with Crippen molar-refractivity contribution in [2.24, 2.45) is 0 Å². The minimum Gasteiger partial charge on any atom is -0.508 e. The summed E-state index contributed by atoms with van der Waals surface area (Å²) >= 11 is 0. The topological polar surface area (TPSA) is 72.7 Å². The van der Waals surface area contributed by atoms with Gasteiger partial charge in [-0.1, -0.05) is 0 Å². The van der Waals surface area contributed by atoms with Gasteiger partial charge in [0, 0.05) is 24.7 Å². The Bertz CT molecular complexity index is 889. The van der Waals surface area contributed by atoms with Gasteiger partial charge in [-0.15, -0.1) is 0 Å². The number of carbonyl (C=O) groups is 1. The van der Waals surface area contributed by atoms with Crippen LogP contribution >= 0.6 is 0 Å². The van der Waals surface area contributed by atoms with Crippen molar-refractivity contribution in [2.75, 3.05) is 11.9 Å².